The van der Waals surface area contributed by atoms with Gasteiger partial charge in [0.1, 0.15) is 0 Å². The first-order valence-electron chi connectivity index (χ1n) is 6.20. The number of hydrogen-bond donors (Lipinski definition) is 3. The molecular weight excluding hydrogens is 206 g/mol. The molecular formula is C11H21N3O2. The van der Waals surface area contributed by atoms with Crippen LogP contribution < -0.4 is 16.0 Å². The van der Waals surface area contributed by atoms with Gasteiger partial charge in [-0.05, 0) is 38.8 Å². The lowest BCUT2D eigenvalue weighted by atomic mass is 10.1. The van der Waals surface area contributed by atoms with Crippen molar-refractivity contribution in [3.8, 4) is 0 Å². The van der Waals surface area contributed by atoms with Gasteiger partial charge in [-0.1, -0.05) is 0 Å². The second-order valence-electron chi connectivity index (χ2n) is 4.53. The molecule has 5 heteroatoms. The first-order valence-corrected chi connectivity index (χ1v) is 6.20. The average Bonchev–Trinajstić information content (AvgIpc) is 2.31. The molecule has 0 spiro atoms. The van der Waals surface area contributed by atoms with Gasteiger partial charge in [-0.25, -0.2) is 4.79 Å². The SMILES string of the molecule is O=C(NC1CCNCC1)NC1CCOCC1. The van der Waals surface area contributed by atoms with Crippen molar-refractivity contribution < 1.29 is 9.53 Å². The van der Waals surface area contributed by atoms with E-state index in [1.54, 1.807) is 0 Å². The minimum absolute atomic E-state index is 0.0150. The van der Waals surface area contributed by atoms with Crippen LogP contribution in [-0.2, 0) is 4.74 Å². The Hall–Kier alpha value is -0.810. The van der Waals surface area contributed by atoms with Crippen molar-refractivity contribution in [1.29, 1.82) is 0 Å². The molecule has 2 aliphatic heterocycles. The summed E-state index contributed by atoms with van der Waals surface area (Å²) >= 11 is 0. The molecule has 0 aromatic heterocycles. The van der Waals surface area contributed by atoms with Gasteiger partial charge in [0.05, 0.1) is 0 Å². The lowest BCUT2D eigenvalue weighted by molar-refractivity contribution is 0.0799. The highest BCUT2D eigenvalue weighted by atomic mass is 16.5. The summed E-state index contributed by atoms with van der Waals surface area (Å²) in [6, 6.07) is 0.607. The van der Waals surface area contributed by atoms with E-state index in [2.05, 4.69) is 16.0 Å². The molecule has 0 radical (unpaired) electrons. The van der Waals surface area contributed by atoms with Gasteiger partial charge in [0.15, 0.2) is 0 Å². The minimum Gasteiger partial charge on any atom is -0.381 e. The van der Waals surface area contributed by atoms with Crippen LogP contribution in [0.2, 0.25) is 0 Å². The Kier molecular flexibility index (Phi) is 4.42. The maximum Gasteiger partial charge on any atom is 0.315 e. The van der Waals surface area contributed by atoms with E-state index < -0.39 is 0 Å². The lowest BCUT2D eigenvalue weighted by Gasteiger charge is -2.27. The van der Waals surface area contributed by atoms with Crippen molar-refractivity contribution in [1.82, 2.24) is 16.0 Å². The molecule has 5 nitrogen and oxygen atoms in total. The normalized spacial score (nSPS) is 24.0. The quantitative estimate of drug-likeness (QED) is 0.632. The molecule has 2 heterocycles. The Labute approximate surface area is 96.3 Å². The number of carbonyl (C=O) groups is 1. The van der Waals surface area contributed by atoms with Crippen molar-refractivity contribution >= 4 is 6.03 Å². The van der Waals surface area contributed by atoms with Gasteiger partial charge < -0.3 is 20.7 Å². The summed E-state index contributed by atoms with van der Waals surface area (Å²) in [5.41, 5.74) is 0. The molecule has 92 valence electrons. The van der Waals surface area contributed by atoms with Gasteiger partial charge in [-0.15, -0.1) is 0 Å². The van der Waals surface area contributed by atoms with Crippen molar-refractivity contribution in [2.24, 2.45) is 0 Å². The van der Waals surface area contributed by atoms with E-state index in [0.717, 1.165) is 52.0 Å². The largest absolute Gasteiger partial charge is 0.381 e. The van der Waals surface area contributed by atoms with Crippen LogP contribution in [0.5, 0.6) is 0 Å². The number of piperidine rings is 1. The zero-order chi connectivity index (χ0) is 11.2. The molecule has 0 aromatic carbocycles. The van der Waals surface area contributed by atoms with Gasteiger partial charge in [0.25, 0.3) is 0 Å². The van der Waals surface area contributed by atoms with Crippen LogP contribution >= 0.6 is 0 Å². The summed E-state index contributed by atoms with van der Waals surface area (Å²) < 4.78 is 5.25. The fraction of sp³-hybridized carbons (Fsp3) is 0.909. The second kappa shape index (κ2) is 6.06. The lowest BCUT2D eigenvalue weighted by Crippen LogP contribution is -2.50. The Morgan fingerprint density at radius 3 is 2.19 bits per heavy atom. The summed E-state index contributed by atoms with van der Waals surface area (Å²) in [5.74, 6) is 0. The molecule has 0 atom stereocenters. The van der Waals surface area contributed by atoms with Gasteiger partial charge in [-0.2, -0.15) is 0 Å². The molecule has 2 rings (SSSR count). The van der Waals surface area contributed by atoms with Gasteiger partial charge in [0, 0.05) is 25.3 Å². The third-order valence-electron chi connectivity index (χ3n) is 3.23. The standard InChI is InChI=1S/C11H21N3O2/c15-11(13-9-1-5-12-6-2-9)14-10-3-7-16-8-4-10/h9-10,12H,1-8H2,(H2,13,14,15). The zero-order valence-corrected chi connectivity index (χ0v) is 9.63. The number of urea groups is 1. The zero-order valence-electron chi connectivity index (χ0n) is 9.63. The van der Waals surface area contributed by atoms with Crippen LogP contribution in [0.1, 0.15) is 25.7 Å². The van der Waals surface area contributed by atoms with Gasteiger partial charge in [0.2, 0.25) is 0 Å². The van der Waals surface area contributed by atoms with Crippen molar-refractivity contribution in [2.45, 2.75) is 37.8 Å². The maximum atomic E-state index is 11.7. The molecule has 0 unspecified atom stereocenters. The van der Waals surface area contributed by atoms with Crippen molar-refractivity contribution in [3.63, 3.8) is 0 Å². The third-order valence-corrected chi connectivity index (χ3v) is 3.23. The molecule has 0 aromatic rings. The van der Waals surface area contributed by atoms with Crippen molar-refractivity contribution in [2.75, 3.05) is 26.3 Å². The monoisotopic (exact) mass is 227 g/mol. The molecule has 0 saturated carbocycles. The smallest absolute Gasteiger partial charge is 0.315 e. The Morgan fingerprint density at radius 2 is 1.56 bits per heavy atom. The highest BCUT2D eigenvalue weighted by molar-refractivity contribution is 5.74. The molecule has 0 aliphatic carbocycles. The fourth-order valence-electron chi connectivity index (χ4n) is 2.22. The highest BCUT2D eigenvalue weighted by Gasteiger charge is 2.19. The molecule has 2 saturated heterocycles. The van der Waals surface area contributed by atoms with Gasteiger partial charge >= 0.3 is 6.03 Å². The number of carbonyl (C=O) groups excluding carboxylic acids is 1. The van der Waals surface area contributed by atoms with Crippen LogP contribution in [0, 0.1) is 0 Å². The van der Waals surface area contributed by atoms with Crippen LogP contribution in [0.25, 0.3) is 0 Å². The molecule has 2 aliphatic rings. The summed E-state index contributed by atoms with van der Waals surface area (Å²) in [6.45, 7) is 3.53. The van der Waals surface area contributed by atoms with Crippen LogP contribution in [0.4, 0.5) is 4.79 Å². The average molecular weight is 227 g/mol. The molecule has 2 amide bonds. The number of ether oxygens (including phenoxy) is 1. The summed E-state index contributed by atoms with van der Waals surface area (Å²) in [6.07, 6.45) is 3.92. The van der Waals surface area contributed by atoms with Crippen molar-refractivity contribution in [3.05, 3.63) is 0 Å². The molecule has 16 heavy (non-hydrogen) atoms. The number of amides is 2. The van der Waals surface area contributed by atoms with E-state index in [1.807, 2.05) is 0 Å². The minimum atomic E-state index is -0.0150. The van der Waals surface area contributed by atoms with Gasteiger partial charge in [-0.3, -0.25) is 0 Å². The van der Waals surface area contributed by atoms with Crippen LogP contribution in [-0.4, -0.2) is 44.4 Å². The summed E-state index contributed by atoms with van der Waals surface area (Å²) in [4.78, 5) is 11.7. The number of hydrogen-bond acceptors (Lipinski definition) is 3. The fourth-order valence-corrected chi connectivity index (χ4v) is 2.22. The van der Waals surface area contributed by atoms with Crippen LogP contribution in [0.15, 0.2) is 0 Å². The Morgan fingerprint density at radius 1 is 1.00 bits per heavy atom. The Bertz CT molecular complexity index is 201. The first-order chi connectivity index (χ1) is 7.84. The number of nitrogens with one attached hydrogen (secondary N) is 3. The van der Waals surface area contributed by atoms with Crippen LogP contribution in [0.3, 0.4) is 0 Å². The summed E-state index contributed by atoms with van der Waals surface area (Å²) in [7, 11) is 0. The Balaban J connectivity index is 1.66. The van der Waals surface area contributed by atoms with E-state index in [0.29, 0.717) is 6.04 Å². The highest BCUT2D eigenvalue weighted by Crippen LogP contribution is 2.06. The van der Waals surface area contributed by atoms with E-state index >= 15 is 0 Å². The topological polar surface area (TPSA) is 62.4 Å². The van der Waals surface area contributed by atoms with E-state index in [4.69, 9.17) is 4.74 Å². The summed E-state index contributed by atoms with van der Waals surface area (Å²) in [5, 5.41) is 9.33. The van der Waals surface area contributed by atoms with E-state index in [1.165, 1.54) is 0 Å². The third kappa shape index (κ3) is 3.64. The first kappa shape index (κ1) is 11.7. The van der Waals surface area contributed by atoms with E-state index in [-0.39, 0.29) is 12.1 Å². The predicted molar refractivity (Wildman–Crippen MR) is 61.4 cm³/mol. The number of rotatable bonds is 2. The molecule has 3 N–H and O–H groups in total. The maximum absolute atomic E-state index is 11.7. The molecule has 2 fully saturated rings. The molecule has 0 bridgehead atoms. The van der Waals surface area contributed by atoms with E-state index in [9.17, 15) is 4.79 Å². The predicted octanol–water partition coefficient (Wildman–Crippen LogP) is 0.217. The second-order valence-corrected chi connectivity index (χ2v) is 4.53.